The van der Waals surface area contributed by atoms with Crippen LogP contribution in [-0.2, 0) is 16.1 Å². The van der Waals surface area contributed by atoms with Crippen molar-refractivity contribution >= 4 is 12.2 Å². The molecule has 0 radical (unpaired) electrons. The van der Waals surface area contributed by atoms with Crippen molar-refractivity contribution in [1.82, 2.24) is 10.2 Å². The molecule has 1 aromatic rings. The Hall–Kier alpha value is -2.93. The molecule has 1 aliphatic rings. The van der Waals surface area contributed by atoms with Crippen molar-refractivity contribution in [3.63, 3.8) is 0 Å². The van der Waals surface area contributed by atoms with E-state index in [4.69, 9.17) is 15.0 Å². The summed E-state index contributed by atoms with van der Waals surface area (Å²) in [5, 5.41) is 6.43. The van der Waals surface area contributed by atoms with Crippen LogP contribution in [0, 0.1) is 0 Å². The highest BCUT2D eigenvalue weighted by Crippen LogP contribution is 2.17. The second-order valence-electron chi connectivity index (χ2n) is 7.38. The maximum Gasteiger partial charge on any atom is 0.410 e. The van der Waals surface area contributed by atoms with Crippen LogP contribution in [0.5, 0.6) is 0 Å². The van der Waals surface area contributed by atoms with E-state index in [9.17, 15) is 9.59 Å². The van der Waals surface area contributed by atoms with E-state index >= 15 is 0 Å². The van der Waals surface area contributed by atoms with Crippen LogP contribution >= 0.6 is 0 Å². The van der Waals surface area contributed by atoms with Gasteiger partial charge in [-0.1, -0.05) is 35.4 Å². The minimum absolute atomic E-state index is 0.145. The van der Waals surface area contributed by atoms with Gasteiger partial charge in [0.15, 0.2) is 0 Å². The van der Waals surface area contributed by atoms with Gasteiger partial charge in [0.25, 0.3) is 0 Å². The van der Waals surface area contributed by atoms with Gasteiger partial charge in [-0.05, 0) is 38.3 Å². The Kier molecular flexibility index (Phi) is 6.90. The lowest BCUT2D eigenvalue weighted by atomic mass is 10.0. The van der Waals surface area contributed by atoms with E-state index in [0.717, 1.165) is 5.56 Å². The standard InChI is InChI=1S/C18H25N5O4/c1-18(2,3)27-16(24)20-14-9-15(21-22-19)11-23(10-14)17(25)26-12-13-7-5-4-6-8-13/h4-8,14-15H,9-12H2,1-3H3,(H,20,24). The Morgan fingerprint density at radius 2 is 2.00 bits per heavy atom. The number of carbonyl (C=O) groups is 2. The maximum atomic E-state index is 12.4. The number of carbonyl (C=O) groups excluding carboxylic acids is 2. The molecule has 146 valence electrons. The first-order valence-corrected chi connectivity index (χ1v) is 8.76. The van der Waals surface area contributed by atoms with Crippen molar-refractivity contribution in [2.75, 3.05) is 13.1 Å². The van der Waals surface area contributed by atoms with Gasteiger partial charge < -0.3 is 19.7 Å². The number of nitrogens with zero attached hydrogens (tertiary/aromatic N) is 4. The molecule has 27 heavy (non-hydrogen) atoms. The molecule has 9 nitrogen and oxygen atoms in total. The van der Waals surface area contributed by atoms with E-state index in [1.54, 1.807) is 20.8 Å². The zero-order valence-corrected chi connectivity index (χ0v) is 15.8. The number of nitrogens with one attached hydrogen (secondary N) is 1. The summed E-state index contributed by atoms with van der Waals surface area (Å²) in [7, 11) is 0. The molecule has 2 unspecified atom stereocenters. The number of hydrogen-bond donors (Lipinski definition) is 1. The highest BCUT2D eigenvalue weighted by atomic mass is 16.6. The highest BCUT2D eigenvalue weighted by Gasteiger charge is 2.32. The summed E-state index contributed by atoms with van der Waals surface area (Å²) in [5.74, 6) is 0. The second-order valence-corrected chi connectivity index (χ2v) is 7.38. The van der Waals surface area contributed by atoms with Crippen LogP contribution in [0.1, 0.15) is 32.8 Å². The SMILES string of the molecule is CC(C)(C)OC(=O)NC1CC(N=[N+]=[N-])CN(C(=O)OCc2ccccc2)C1. The van der Waals surface area contributed by atoms with Crippen LogP contribution < -0.4 is 5.32 Å². The molecule has 1 N–H and O–H groups in total. The van der Waals surface area contributed by atoms with Crippen LogP contribution in [0.4, 0.5) is 9.59 Å². The van der Waals surface area contributed by atoms with E-state index in [1.165, 1.54) is 4.90 Å². The Morgan fingerprint density at radius 1 is 1.30 bits per heavy atom. The molecule has 2 atom stereocenters. The van der Waals surface area contributed by atoms with Crippen molar-refractivity contribution in [1.29, 1.82) is 0 Å². The van der Waals surface area contributed by atoms with E-state index in [0.29, 0.717) is 6.42 Å². The summed E-state index contributed by atoms with van der Waals surface area (Å²) in [6, 6.07) is 8.48. The van der Waals surface area contributed by atoms with Gasteiger partial charge in [0.2, 0.25) is 0 Å². The fraction of sp³-hybridized carbons (Fsp3) is 0.556. The van der Waals surface area contributed by atoms with Crippen molar-refractivity contribution in [3.8, 4) is 0 Å². The van der Waals surface area contributed by atoms with Gasteiger partial charge in [0, 0.05) is 18.0 Å². The van der Waals surface area contributed by atoms with Crippen molar-refractivity contribution in [2.24, 2.45) is 5.11 Å². The zero-order valence-electron chi connectivity index (χ0n) is 15.8. The fourth-order valence-electron chi connectivity index (χ4n) is 2.77. The maximum absolute atomic E-state index is 12.4. The van der Waals surface area contributed by atoms with Gasteiger partial charge in [-0.15, -0.1) is 0 Å². The van der Waals surface area contributed by atoms with Crippen molar-refractivity contribution in [3.05, 3.63) is 46.3 Å². The molecule has 0 bridgehead atoms. The highest BCUT2D eigenvalue weighted by molar-refractivity contribution is 5.70. The number of piperidine rings is 1. The zero-order chi connectivity index (χ0) is 19.9. The third-order valence-corrected chi connectivity index (χ3v) is 3.83. The molecule has 1 fully saturated rings. The molecular weight excluding hydrogens is 350 g/mol. The molecule has 0 aliphatic carbocycles. The Morgan fingerprint density at radius 3 is 2.63 bits per heavy atom. The number of benzene rings is 1. The molecular formula is C18H25N5O4. The number of hydrogen-bond acceptors (Lipinski definition) is 5. The lowest BCUT2D eigenvalue weighted by Gasteiger charge is -2.35. The van der Waals surface area contributed by atoms with Crippen molar-refractivity contribution < 1.29 is 19.1 Å². The first-order chi connectivity index (χ1) is 12.8. The molecule has 0 aromatic heterocycles. The molecule has 1 heterocycles. The summed E-state index contributed by atoms with van der Waals surface area (Å²) >= 11 is 0. The van der Waals surface area contributed by atoms with E-state index in [2.05, 4.69) is 15.3 Å². The van der Waals surface area contributed by atoms with Gasteiger partial charge >= 0.3 is 12.2 Å². The monoisotopic (exact) mass is 375 g/mol. The summed E-state index contributed by atoms with van der Waals surface area (Å²) < 4.78 is 10.6. The van der Waals surface area contributed by atoms with Crippen LogP contribution in [0.15, 0.2) is 35.4 Å². The molecule has 9 heteroatoms. The quantitative estimate of drug-likeness (QED) is 0.491. The number of amides is 2. The van der Waals surface area contributed by atoms with Gasteiger partial charge in [0.1, 0.15) is 12.2 Å². The van der Waals surface area contributed by atoms with Crippen LogP contribution in [0.3, 0.4) is 0 Å². The lowest BCUT2D eigenvalue weighted by Crippen LogP contribution is -2.54. The molecule has 2 rings (SSSR count). The van der Waals surface area contributed by atoms with Crippen LogP contribution in [0.25, 0.3) is 10.4 Å². The van der Waals surface area contributed by atoms with Gasteiger partial charge in [0.05, 0.1) is 12.1 Å². The lowest BCUT2D eigenvalue weighted by molar-refractivity contribution is 0.0440. The molecule has 0 spiro atoms. The molecule has 0 saturated carbocycles. The number of rotatable bonds is 4. The van der Waals surface area contributed by atoms with Crippen LogP contribution in [0.2, 0.25) is 0 Å². The Balaban J connectivity index is 1.96. The predicted octanol–water partition coefficient (Wildman–Crippen LogP) is 3.60. The van der Waals surface area contributed by atoms with E-state index in [1.807, 2.05) is 30.3 Å². The second kappa shape index (κ2) is 9.14. The molecule has 1 saturated heterocycles. The smallest absolute Gasteiger partial charge is 0.410 e. The largest absolute Gasteiger partial charge is 0.445 e. The average molecular weight is 375 g/mol. The van der Waals surface area contributed by atoms with Crippen molar-refractivity contribution in [2.45, 2.75) is 51.5 Å². The number of alkyl carbamates (subject to hydrolysis) is 1. The fourth-order valence-corrected chi connectivity index (χ4v) is 2.77. The van der Waals surface area contributed by atoms with Gasteiger partial charge in [-0.3, -0.25) is 0 Å². The van der Waals surface area contributed by atoms with E-state index in [-0.39, 0.29) is 19.7 Å². The van der Waals surface area contributed by atoms with Gasteiger partial charge in [-0.2, -0.15) is 0 Å². The first-order valence-electron chi connectivity index (χ1n) is 8.76. The summed E-state index contributed by atoms with van der Waals surface area (Å²) in [6.45, 7) is 5.94. The minimum atomic E-state index is -0.628. The van der Waals surface area contributed by atoms with Crippen LogP contribution in [-0.4, -0.2) is 47.9 Å². The summed E-state index contributed by atoms with van der Waals surface area (Å²) in [6.07, 6.45) is -0.675. The average Bonchev–Trinajstić information content (AvgIpc) is 2.59. The Labute approximate surface area is 158 Å². The third kappa shape index (κ3) is 7.07. The summed E-state index contributed by atoms with van der Waals surface area (Å²) in [4.78, 5) is 28.7. The topological polar surface area (TPSA) is 117 Å². The molecule has 1 aliphatic heterocycles. The Bertz CT molecular complexity index is 697. The summed E-state index contributed by atoms with van der Waals surface area (Å²) in [5.41, 5.74) is 8.97. The number of likely N-dealkylation sites (tertiary alicyclic amines) is 1. The third-order valence-electron chi connectivity index (χ3n) is 3.83. The van der Waals surface area contributed by atoms with E-state index < -0.39 is 29.9 Å². The predicted molar refractivity (Wildman–Crippen MR) is 98.9 cm³/mol. The molecule has 1 aromatic carbocycles. The van der Waals surface area contributed by atoms with Gasteiger partial charge in [-0.25, -0.2) is 9.59 Å². The number of ether oxygens (including phenoxy) is 2. The number of azide groups is 1. The molecule has 2 amide bonds. The first kappa shape index (κ1) is 20.4. The minimum Gasteiger partial charge on any atom is -0.445 e. The normalized spacial score (nSPS) is 19.6.